The molecule has 12 nitrogen and oxygen atoms in total. The van der Waals surface area contributed by atoms with Crippen molar-refractivity contribution in [3.63, 3.8) is 0 Å². The van der Waals surface area contributed by atoms with Crippen LogP contribution in [0.15, 0.2) is 60.7 Å². The summed E-state index contributed by atoms with van der Waals surface area (Å²) < 4.78 is 28.1. The molecule has 3 aromatic rings. The van der Waals surface area contributed by atoms with E-state index in [-0.39, 0.29) is 36.8 Å². The van der Waals surface area contributed by atoms with Gasteiger partial charge >= 0.3 is 11.9 Å². The molecule has 0 heterocycles. The standard InChI is InChI=1S/C36H41F2N3O9/c1-18(2)31(33(45)39-25-14-21(35(47)48)13-22(15-25)36(49)50)41-30(43)17-29(42)28(12-19-10-23(37)16-24(38)11-19)40-34(46)32(44)27-9-5-7-20-6-3-4-8-26(20)27/h3-11,16,18,21-22,25,28-29,31-32,42,44H,12-15,17H2,1-2H3,(H,39,45)(H,40,46)(H,41,43)(H,47,48)(H,49,50)/t21?,22?,25?,28-,29-,31-,32?/m0/s1. The van der Waals surface area contributed by atoms with Crippen LogP contribution < -0.4 is 16.0 Å². The van der Waals surface area contributed by atoms with Crippen LogP contribution in [0.5, 0.6) is 0 Å². The lowest BCUT2D eigenvalue weighted by atomic mass is 9.78. The van der Waals surface area contributed by atoms with Crippen molar-refractivity contribution in [1.82, 2.24) is 16.0 Å². The SMILES string of the molecule is CC(C)[C@H](NC(=O)C[C@H](O)[C@H](Cc1cc(F)cc(F)c1)NC(=O)C(O)c1cccc2ccccc12)C(=O)NC1CC(C(=O)O)CC(C(=O)O)C1. The predicted octanol–water partition coefficient (Wildman–Crippen LogP) is 2.84. The van der Waals surface area contributed by atoms with Crippen LogP contribution in [-0.2, 0) is 30.4 Å². The number of aliphatic hydroxyl groups is 2. The Bertz CT molecular complexity index is 1690. The van der Waals surface area contributed by atoms with E-state index in [9.17, 15) is 53.2 Å². The Morgan fingerprint density at radius 1 is 0.800 bits per heavy atom. The number of rotatable bonds is 14. The number of carboxylic acids is 2. The number of benzene rings is 3. The molecule has 1 aliphatic rings. The normalized spacial score (nSPS) is 19.9. The summed E-state index contributed by atoms with van der Waals surface area (Å²) in [5, 5.41) is 50.3. The summed E-state index contributed by atoms with van der Waals surface area (Å²) in [6.07, 6.45) is -4.42. The van der Waals surface area contributed by atoms with E-state index < -0.39 is 95.8 Å². The molecule has 3 unspecified atom stereocenters. The Morgan fingerprint density at radius 3 is 2.00 bits per heavy atom. The highest BCUT2D eigenvalue weighted by Gasteiger charge is 2.38. The van der Waals surface area contributed by atoms with Crippen molar-refractivity contribution in [2.75, 3.05) is 0 Å². The van der Waals surface area contributed by atoms with E-state index in [1.54, 1.807) is 56.3 Å². The number of hydrogen-bond donors (Lipinski definition) is 7. The van der Waals surface area contributed by atoms with Gasteiger partial charge in [-0.1, -0.05) is 56.3 Å². The largest absolute Gasteiger partial charge is 0.481 e. The van der Waals surface area contributed by atoms with Gasteiger partial charge in [0.05, 0.1) is 30.4 Å². The molecule has 1 saturated carbocycles. The Hall–Kier alpha value is -4.95. The molecule has 6 atom stereocenters. The smallest absolute Gasteiger partial charge is 0.306 e. The van der Waals surface area contributed by atoms with Gasteiger partial charge in [-0.25, -0.2) is 8.78 Å². The van der Waals surface area contributed by atoms with Crippen molar-refractivity contribution in [3.8, 4) is 0 Å². The summed E-state index contributed by atoms with van der Waals surface area (Å²) in [6.45, 7) is 3.27. The van der Waals surface area contributed by atoms with Crippen LogP contribution in [0.2, 0.25) is 0 Å². The van der Waals surface area contributed by atoms with E-state index in [0.717, 1.165) is 17.5 Å². The Kier molecular flexibility index (Phi) is 12.6. The van der Waals surface area contributed by atoms with Crippen molar-refractivity contribution in [3.05, 3.63) is 83.4 Å². The minimum Gasteiger partial charge on any atom is -0.481 e. The first kappa shape index (κ1) is 37.9. The molecule has 3 amide bonds. The van der Waals surface area contributed by atoms with E-state index in [2.05, 4.69) is 16.0 Å². The van der Waals surface area contributed by atoms with Gasteiger partial charge in [-0.2, -0.15) is 0 Å². The second-order valence-electron chi connectivity index (χ2n) is 13.1. The quantitative estimate of drug-likeness (QED) is 0.132. The third kappa shape index (κ3) is 9.82. The van der Waals surface area contributed by atoms with Crippen molar-refractivity contribution in [1.29, 1.82) is 0 Å². The molecular formula is C36H41F2N3O9. The summed E-state index contributed by atoms with van der Waals surface area (Å²) in [5.74, 6) is -9.04. The second kappa shape index (κ2) is 16.6. The topological polar surface area (TPSA) is 202 Å². The number of halogens is 2. The monoisotopic (exact) mass is 697 g/mol. The second-order valence-corrected chi connectivity index (χ2v) is 13.1. The minimum absolute atomic E-state index is 0.00894. The predicted molar refractivity (Wildman–Crippen MR) is 176 cm³/mol. The third-order valence-electron chi connectivity index (χ3n) is 8.95. The molecule has 0 radical (unpaired) electrons. The van der Waals surface area contributed by atoms with Gasteiger partial charge in [0, 0.05) is 12.1 Å². The fraction of sp³-hybridized carbons (Fsp3) is 0.417. The summed E-state index contributed by atoms with van der Waals surface area (Å²) in [4.78, 5) is 63.1. The van der Waals surface area contributed by atoms with Gasteiger partial charge in [-0.05, 0) is 65.6 Å². The van der Waals surface area contributed by atoms with Crippen molar-refractivity contribution >= 4 is 40.4 Å². The van der Waals surface area contributed by atoms with Crippen LogP contribution in [0.1, 0.15) is 56.8 Å². The number of aliphatic hydroxyl groups excluding tert-OH is 2. The van der Waals surface area contributed by atoms with Gasteiger partial charge < -0.3 is 36.4 Å². The minimum atomic E-state index is -1.70. The first-order valence-corrected chi connectivity index (χ1v) is 16.3. The Labute approximate surface area is 286 Å². The summed E-state index contributed by atoms with van der Waals surface area (Å²) in [6, 6.07) is 11.5. The van der Waals surface area contributed by atoms with Gasteiger partial charge in [0.25, 0.3) is 5.91 Å². The lowest BCUT2D eigenvalue weighted by molar-refractivity contribution is -0.149. The van der Waals surface area contributed by atoms with Crippen LogP contribution in [0, 0.1) is 29.4 Å². The van der Waals surface area contributed by atoms with Gasteiger partial charge in [-0.15, -0.1) is 0 Å². The first-order chi connectivity index (χ1) is 23.6. The number of carbonyl (C=O) groups is 5. The molecule has 0 saturated heterocycles. The highest BCUT2D eigenvalue weighted by atomic mass is 19.1. The number of aliphatic carboxylic acids is 2. The van der Waals surface area contributed by atoms with E-state index in [1.165, 1.54) is 0 Å². The number of amides is 3. The molecule has 3 aromatic carbocycles. The maximum absolute atomic E-state index is 14.0. The lowest BCUT2D eigenvalue weighted by Gasteiger charge is -2.33. The van der Waals surface area contributed by atoms with Crippen LogP contribution in [0.4, 0.5) is 8.78 Å². The molecule has 0 spiro atoms. The van der Waals surface area contributed by atoms with E-state index in [1.807, 2.05) is 0 Å². The number of nitrogens with one attached hydrogen (secondary N) is 3. The molecule has 268 valence electrons. The molecule has 0 aliphatic heterocycles. The Balaban J connectivity index is 1.48. The molecule has 0 aromatic heterocycles. The number of hydrogen-bond acceptors (Lipinski definition) is 7. The van der Waals surface area contributed by atoms with Gasteiger partial charge in [0.2, 0.25) is 11.8 Å². The number of fused-ring (bicyclic) bond motifs is 1. The van der Waals surface area contributed by atoms with Crippen LogP contribution in [0.25, 0.3) is 10.8 Å². The molecule has 0 bridgehead atoms. The van der Waals surface area contributed by atoms with Gasteiger partial charge in [0.15, 0.2) is 6.10 Å². The lowest BCUT2D eigenvalue weighted by Crippen LogP contribution is -2.55. The zero-order chi connectivity index (χ0) is 36.7. The van der Waals surface area contributed by atoms with E-state index in [4.69, 9.17) is 0 Å². The van der Waals surface area contributed by atoms with Crippen LogP contribution >= 0.6 is 0 Å². The van der Waals surface area contributed by atoms with Crippen LogP contribution in [-0.4, -0.2) is 74.3 Å². The maximum atomic E-state index is 14.0. The van der Waals surface area contributed by atoms with Crippen molar-refractivity contribution in [2.24, 2.45) is 17.8 Å². The highest BCUT2D eigenvalue weighted by molar-refractivity contribution is 5.92. The zero-order valence-corrected chi connectivity index (χ0v) is 27.5. The summed E-state index contributed by atoms with van der Waals surface area (Å²) in [5.41, 5.74) is 0.328. The molecule has 50 heavy (non-hydrogen) atoms. The molecule has 7 N–H and O–H groups in total. The average molecular weight is 698 g/mol. The fourth-order valence-electron chi connectivity index (χ4n) is 6.39. The molecule has 14 heteroatoms. The Morgan fingerprint density at radius 2 is 1.40 bits per heavy atom. The maximum Gasteiger partial charge on any atom is 0.306 e. The summed E-state index contributed by atoms with van der Waals surface area (Å²) in [7, 11) is 0. The van der Waals surface area contributed by atoms with Gasteiger partial charge in [-0.3, -0.25) is 24.0 Å². The molecular weight excluding hydrogens is 656 g/mol. The zero-order valence-electron chi connectivity index (χ0n) is 27.5. The van der Waals surface area contributed by atoms with Gasteiger partial charge in [0.1, 0.15) is 17.7 Å². The fourth-order valence-corrected chi connectivity index (χ4v) is 6.39. The van der Waals surface area contributed by atoms with Crippen molar-refractivity contribution < 1.29 is 53.2 Å². The molecule has 1 fully saturated rings. The third-order valence-corrected chi connectivity index (χ3v) is 8.95. The molecule has 4 rings (SSSR count). The highest BCUT2D eigenvalue weighted by Crippen LogP contribution is 2.30. The first-order valence-electron chi connectivity index (χ1n) is 16.3. The number of carbonyl (C=O) groups excluding carboxylic acids is 3. The van der Waals surface area contributed by atoms with E-state index in [0.29, 0.717) is 11.5 Å². The van der Waals surface area contributed by atoms with Crippen LogP contribution in [0.3, 0.4) is 0 Å². The van der Waals surface area contributed by atoms with Crippen molar-refractivity contribution in [2.45, 2.75) is 76.3 Å². The van der Waals surface area contributed by atoms with E-state index >= 15 is 0 Å². The average Bonchev–Trinajstić information content (AvgIpc) is 3.05. The molecule has 1 aliphatic carbocycles. The number of carboxylic acid groups (broad SMARTS) is 2. The summed E-state index contributed by atoms with van der Waals surface area (Å²) >= 11 is 0.